The van der Waals surface area contributed by atoms with Crippen molar-refractivity contribution in [3.8, 4) is 5.75 Å². The molecule has 1 aromatic carbocycles. The number of hydrogen-bond acceptors (Lipinski definition) is 4. The molecular formula is C12H18ClNO3. The predicted molar refractivity (Wildman–Crippen MR) is 68.3 cm³/mol. The Balaban J connectivity index is 0.00000256. The van der Waals surface area contributed by atoms with Crippen LogP contribution < -0.4 is 5.73 Å². The van der Waals surface area contributed by atoms with E-state index < -0.39 is 6.04 Å². The van der Waals surface area contributed by atoms with Gasteiger partial charge in [0.2, 0.25) is 0 Å². The van der Waals surface area contributed by atoms with Crippen LogP contribution in [0.25, 0.3) is 0 Å². The summed E-state index contributed by atoms with van der Waals surface area (Å²) in [6.07, 6.45) is 0.0743. The Hall–Kier alpha value is -1.26. The molecule has 0 aliphatic rings. The Morgan fingerprint density at radius 3 is 2.76 bits per heavy atom. The van der Waals surface area contributed by atoms with Crippen LogP contribution in [0.15, 0.2) is 18.2 Å². The third-order valence-corrected chi connectivity index (χ3v) is 2.36. The molecule has 4 nitrogen and oxygen atoms in total. The third-order valence-electron chi connectivity index (χ3n) is 2.36. The van der Waals surface area contributed by atoms with Crippen LogP contribution in [0.1, 0.15) is 30.5 Å². The van der Waals surface area contributed by atoms with Crippen molar-refractivity contribution >= 4 is 18.4 Å². The molecule has 0 saturated carbocycles. The van der Waals surface area contributed by atoms with Gasteiger partial charge in [-0.3, -0.25) is 4.79 Å². The van der Waals surface area contributed by atoms with E-state index in [1.54, 1.807) is 32.0 Å². The zero-order valence-electron chi connectivity index (χ0n) is 9.97. The van der Waals surface area contributed by atoms with Crippen LogP contribution in [-0.4, -0.2) is 17.7 Å². The number of nitrogens with two attached hydrogens (primary N) is 1. The third kappa shape index (κ3) is 4.24. The Bertz CT molecular complexity index is 382. The summed E-state index contributed by atoms with van der Waals surface area (Å²) < 4.78 is 4.80. The number of para-hydroxylation sites is 1. The first-order valence-corrected chi connectivity index (χ1v) is 5.26. The second-order valence-electron chi connectivity index (χ2n) is 3.63. The highest BCUT2D eigenvalue weighted by molar-refractivity contribution is 5.85. The topological polar surface area (TPSA) is 72.5 Å². The van der Waals surface area contributed by atoms with Crippen molar-refractivity contribution in [3.05, 3.63) is 29.3 Å². The summed E-state index contributed by atoms with van der Waals surface area (Å²) in [4.78, 5) is 11.2. The number of hydrogen-bond donors (Lipinski definition) is 2. The number of rotatable bonds is 4. The van der Waals surface area contributed by atoms with Crippen molar-refractivity contribution < 1.29 is 14.6 Å². The lowest BCUT2D eigenvalue weighted by atomic mass is 10.0. The van der Waals surface area contributed by atoms with Gasteiger partial charge < -0.3 is 15.6 Å². The largest absolute Gasteiger partial charge is 0.507 e. The molecule has 96 valence electrons. The van der Waals surface area contributed by atoms with Crippen LogP contribution in [0.2, 0.25) is 0 Å². The molecule has 0 amide bonds. The van der Waals surface area contributed by atoms with Crippen molar-refractivity contribution in [2.45, 2.75) is 26.3 Å². The molecule has 0 saturated heterocycles. The van der Waals surface area contributed by atoms with Gasteiger partial charge in [-0.1, -0.05) is 18.2 Å². The van der Waals surface area contributed by atoms with Crippen LogP contribution in [-0.2, 0) is 9.53 Å². The molecule has 0 radical (unpaired) electrons. The van der Waals surface area contributed by atoms with Gasteiger partial charge in [-0.2, -0.15) is 0 Å². The average Bonchev–Trinajstić information content (AvgIpc) is 2.22. The summed E-state index contributed by atoms with van der Waals surface area (Å²) in [6, 6.07) is 4.77. The number of halogens is 1. The normalized spacial score (nSPS) is 11.5. The van der Waals surface area contributed by atoms with Crippen LogP contribution >= 0.6 is 12.4 Å². The molecule has 1 rings (SSSR count). The predicted octanol–water partition coefficient (Wildman–Crippen LogP) is 2.08. The fourth-order valence-corrected chi connectivity index (χ4v) is 1.49. The summed E-state index contributed by atoms with van der Waals surface area (Å²) in [5.41, 5.74) is 7.16. The zero-order valence-corrected chi connectivity index (χ0v) is 10.8. The van der Waals surface area contributed by atoms with Crippen molar-refractivity contribution in [1.29, 1.82) is 0 Å². The minimum Gasteiger partial charge on any atom is -0.507 e. The Morgan fingerprint density at radius 2 is 2.18 bits per heavy atom. The molecule has 0 aliphatic carbocycles. The van der Waals surface area contributed by atoms with Gasteiger partial charge in [-0.15, -0.1) is 12.4 Å². The van der Waals surface area contributed by atoms with E-state index in [0.29, 0.717) is 12.2 Å². The molecule has 0 fully saturated rings. The van der Waals surface area contributed by atoms with E-state index >= 15 is 0 Å². The summed E-state index contributed by atoms with van der Waals surface area (Å²) in [5.74, 6) is -0.199. The van der Waals surface area contributed by atoms with E-state index in [0.717, 1.165) is 5.56 Å². The summed E-state index contributed by atoms with van der Waals surface area (Å²) in [5, 5.41) is 9.78. The highest BCUT2D eigenvalue weighted by Crippen LogP contribution is 2.27. The van der Waals surface area contributed by atoms with Crippen LogP contribution in [0, 0.1) is 6.92 Å². The van der Waals surface area contributed by atoms with Gasteiger partial charge in [0.25, 0.3) is 0 Å². The average molecular weight is 260 g/mol. The lowest BCUT2D eigenvalue weighted by Gasteiger charge is -2.14. The number of aryl methyl sites for hydroxylation is 1. The van der Waals surface area contributed by atoms with Gasteiger partial charge in [-0.05, 0) is 19.4 Å². The number of carbonyl (C=O) groups is 1. The number of phenolic OH excluding ortho intramolecular Hbond substituents is 1. The van der Waals surface area contributed by atoms with Gasteiger partial charge in [0.1, 0.15) is 5.75 Å². The molecule has 0 aromatic heterocycles. The molecule has 0 unspecified atom stereocenters. The van der Waals surface area contributed by atoms with Crippen molar-refractivity contribution in [1.82, 2.24) is 0 Å². The second-order valence-corrected chi connectivity index (χ2v) is 3.63. The molecule has 0 bridgehead atoms. The van der Waals surface area contributed by atoms with Crippen molar-refractivity contribution in [3.63, 3.8) is 0 Å². The molecule has 0 heterocycles. The maximum absolute atomic E-state index is 11.2. The van der Waals surface area contributed by atoms with E-state index in [1.807, 2.05) is 0 Å². The SMILES string of the molecule is CCOC(=O)C[C@@H](N)c1cccc(C)c1O.Cl. The Morgan fingerprint density at radius 1 is 1.53 bits per heavy atom. The maximum atomic E-state index is 11.2. The van der Waals surface area contributed by atoms with Gasteiger partial charge in [-0.25, -0.2) is 0 Å². The number of esters is 1. The molecule has 0 aliphatic heterocycles. The second kappa shape index (κ2) is 7.14. The first kappa shape index (κ1) is 15.7. The highest BCUT2D eigenvalue weighted by atomic mass is 35.5. The fraction of sp³-hybridized carbons (Fsp3) is 0.417. The number of benzene rings is 1. The minimum absolute atomic E-state index is 0. The highest BCUT2D eigenvalue weighted by Gasteiger charge is 2.16. The molecule has 5 heteroatoms. The van der Waals surface area contributed by atoms with E-state index in [9.17, 15) is 9.90 Å². The van der Waals surface area contributed by atoms with Crippen molar-refractivity contribution in [2.75, 3.05) is 6.61 Å². The number of phenols is 1. The van der Waals surface area contributed by atoms with Crippen molar-refractivity contribution in [2.24, 2.45) is 5.73 Å². The smallest absolute Gasteiger partial charge is 0.307 e. The maximum Gasteiger partial charge on any atom is 0.307 e. The Labute approximate surface area is 107 Å². The molecular weight excluding hydrogens is 242 g/mol. The quantitative estimate of drug-likeness (QED) is 0.812. The fourth-order valence-electron chi connectivity index (χ4n) is 1.49. The van der Waals surface area contributed by atoms with E-state index in [1.165, 1.54) is 0 Å². The van der Waals surface area contributed by atoms with Crippen LogP contribution in [0.3, 0.4) is 0 Å². The molecule has 17 heavy (non-hydrogen) atoms. The summed E-state index contributed by atoms with van der Waals surface area (Å²) >= 11 is 0. The monoisotopic (exact) mass is 259 g/mol. The van der Waals surface area contributed by atoms with E-state index in [-0.39, 0.29) is 30.5 Å². The number of carbonyl (C=O) groups excluding carboxylic acids is 1. The Kier molecular flexibility index (Phi) is 6.61. The first-order chi connectivity index (χ1) is 7.56. The lowest BCUT2D eigenvalue weighted by Crippen LogP contribution is -2.17. The van der Waals surface area contributed by atoms with Gasteiger partial charge >= 0.3 is 5.97 Å². The number of ether oxygens (including phenoxy) is 1. The van der Waals surface area contributed by atoms with E-state index in [4.69, 9.17) is 10.5 Å². The molecule has 1 atom stereocenters. The van der Waals surface area contributed by atoms with Crippen LogP contribution in [0.4, 0.5) is 0 Å². The summed E-state index contributed by atoms with van der Waals surface area (Å²) in [7, 11) is 0. The molecule has 3 N–H and O–H groups in total. The van der Waals surface area contributed by atoms with Gasteiger partial charge in [0.15, 0.2) is 0 Å². The number of aromatic hydroxyl groups is 1. The van der Waals surface area contributed by atoms with Crippen LogP contribution in [0.5, 0.6) is 5.75 Å². The molecule has 0 spiro atoms. The molecule has 1 aromatic rings. The van der Waals surface area contributed by atoms with Gasteiger partial charge in [0, 0.05) is 11.6 Å². The summed E-state index contributed by atoms with van der Waals surface area (Å²) in [6.45, 7) is 3.87. The minimum atomic E-state index is -0.529. The zero-order chi connectivity index (χ0) is 12.1. The first-order valence-electron chi connectivity index (χ1n) is 5.26. The standard InChI is InChI=1S/C12H17NO3.ClH/c1-3-16-11(14)7-10(13)9-6-4-5-8(2)12(9)15;/h4-6,10,15H,3,7,13H2,1-2H3;1H/t10-;/m1./s1. The lowest BCUT2D eigenvalue weighted by molar-refractivity contribution is -0.143. The van der Waals surface area contributed by atoms with Gasteiger partial charge in [0.05, 0.1) is 13.0 Å². The van der Waals surface area contributed by atoms with E-state index in [2.05, 4.69) is 0 Å².